The molecule has 0 aliphatic heterocycles. The number of benzene rings is 2. The molecule has 0 fully saturated rings. The molecule has 0 N–H and O–H groups in total. The Morgan fingerprint density at radius 2 is 1.65 bits per heavy atom. The van der Waals surface area contributed by atoms with Gasteiger partial charge >= 0.3 is 6.18 Å². The minimum Gasteiger partial charge on any atom is -0.243 e. The maximum absolute atomic E-state index is 12.5. The van der Waals surface area contributed by atoms with Crippen LogP contribution in [0.3, 0.4) is 0 Å². The summed E-state index contributed by atoms with van der Waals surface area (Å²) >= 11 is 6.01. The van der Waals surface area contributed by atoms with Crippen LogP contribution in [-0.2, 0) is 6.18 Å². The summed E-state index contributed by atoms with van der Waals surface area (Å²) in [5.41, 5.74) is 1.42. The zero-order chi connectivity index (χ0) is 14.3. The molecular weight excluding hydrogens is 293 g/mol. The van der Waals surface area contributed by atoms with Crippen LogP contribution in [0.15, 0.2) is 41.0 Å². The van der Waals surface area contributed by atoms with Crippen molar-refractivity contribution < 1.29 is 17.8 Å². The average Bonchev–Trinajstić information content (AvgIpc) is 2.86. The Bertz CT molecular complexity index is 765. The lowest BCUT2D eigenvalue weighted by molar-refractivity contribution is -0.137. The second kappa shape index (κ2) is 4.49. The van der Waals surface area contributed by atoms with Gasteiger partial charge in [0.25, 0.3) is 0 Å². The van der Waals surface area contributed by atoms with Crippen molar-refractivity contribution in [2.75, 3.05) is 0 Å². The minimum absolute atomic E-state index is 0.332. The number of hydrogen-bond acceptors (Lipinski definition) is 3. The van der Waals surface area contributed by atoms with Gasteiger partial charge in [-0.3, -0.25) is 0 Å². The van der Waals surface area contributed by atoms with Gasteiger partial charge in [-0.25, -0.2) is 4.63 Å². The van der Waals surface area contributed by atoms with E-state index in [1.54, 1.807) is 12.1 Å². The summed E-state index contributed by atoms with van der Waals surface area (Å²) in [6.45, 7) is 0. The summed E-state index contributed by atoms with van der Waals surface area (Å²) in [6, 6.07) is 8.07. The third kappa shape index (κ3) is 2.22. The van der Waals surface area contributed by atoms with Gasteiger partial charge in [-0.05, 0) is 45.7 Å². The van der Waals surface area contributed by atoms with Crippen molar-refractivity contribution in [1.29, 1.82) is 0 Å². The molecule has 0 atom stereocenters. The number of nitrogens with zero attached hydrogens (tertiary/aromatic N) is 2. The van der Waals surface area contributed by atoms with Gasteiger partial charge in [-0.2, -0.15) is 13.2 Å². The summed E-state index contributed by atoms with van der Waals surface area (Å²) < 4.78 is 42.1. The van der Waals surface area contributed by atoms with E-state index in [1.165, 1.54) is 12.1 Å². The van der Waals surface area contributed by atoms with E-state index < -0.39 is 11.7 Å². The normalized spacial score (nSPS) is 12.0. The van der Waals surface area contributed by atoms with E-state index in [1.807, 2.05) is 0 Å². The van der Waals surface area contributed by atoms with E-state index in [4.69, 9.17) is 11.6 Å². The summed E-state index contributed by atoms with van der Waals surface area (Å²) in [4.78, 5) is 0. The van der Waals surface area contributed by atoms with Crippen LogP contribution >= 0.6 is 11.6 Å². The van der Waals surface area contributed by atoms with Crippen molar-refractivity contribution in [1.82, 2.24) is 10.3 Å². The van der Waals surface area contributed by atoms with E-state index in [9.17, 15) is 13.2 Å². The molecule has 0 saturated heterocycles. The molecule has 1 aromatic heterocycles. The number of alkyl halides is 3. The van der Waals surface area contributed by atoms with Gasteiger partial charge < -0.3 is 0 Å². The Morgan fingerprint density at radius 1 is 0.950 bits per heavy atom. The van der Waals surface area contributed by atoms with Crippen LogP contribution in [0.5, 0.6) is 0 Å². The molecule has 0 aliphatic carbocycles. The Balaban J connectivity index is 2.06. The van der Waals surface area contributed by atoms with E-state index in [-0.39, 0.29) is 0 Å². The van der Waals surface area contributed by atoms with Gasteiger partial charge in [0.05, 0.1) is 10.6 Å². The topological polar surface area (TPSA) is 38.9 Å². The number of halogens is 4. The highest BCUT2D eigenvalue weighted by molar-refractivity contribution is 6.35. The molecule has 0 unspecified atom stereocenters. The zero-order valence-corrected chi connectivity index (χ0v) is 10.5. The molecule has 3 nitrogen and oxygen atoms in total. The molecule has 0 saturated carbocycles. The number of rotatable bonds is 1. The first kappa shape index (κ1) is 12.9. The van der Waals surface area contributed by atoms with Crippen LogP contribution in [0.2, 0.25) is 5.02 Å². The highest BCUT2D eigenvalue weighted by Gasteiger charge is 2.30. The van der Waals surface area contributed by atoms with Gasteiger partial charge in [0.2, 0.25) is 0 Å². The van der Waals surface area contributed by atoms with Crippen molar-refractivity contribution in [3.63, 3.8) is 0 Å². The molecule has 0 radical (unpaired) electrons. The van der Waals surface area contributed by atoms with Crippen LogP contribution < -0.4 is 0 Å². The van der Waals surface area contributed by atoms with Crippen LogP contribution in [0.1, 0.15) is 5.56 Å². The Kier molecular flexibility index (Phi) is 2.90. The van der Waals surface area contributed by atoms with Gasteiger partial charge in [-0.1, -0.05) is 23.7 Å². The van der Waals surface area contributed by atoms with Crippen molar-refractivity contribution in [3.8, 4) is 11.1 Å². The Labute approximate surface area is 115 Å². The monoisotopic (exact) mass is 298 g/mol. The minimum atomic E-state index is -4.35. The van der Waals surface area contributed by atoms with Crippen molar-refractivity contribution in [2.45, 2.75) is 6.18 Å². The first-order valence-electron chi connectivity index (χ1n) is 5.54. The summed E-state index contributed by atoms with van der Waals surface area (Å²) in [7, 11) is 0. The molecule has 0 amide bonds. The molecule has 3 rings (SSSR count). The Hall–Kier alpha value is -2.08. The predicted molar refractivity (Wildman–Crippen MR) is 67.3 cm³/mol. The average molecular weight is 299 g/mol. The molecule has 20 heavy (non-hydrogen) atoms. The highest BCUT2D eigenvalue weighted by Crippen LogP contribution is 2.33. The van der Waals surface area contributed by atoms with E-state index in [2.05, 4.69) is 14.9 Å². The van der Waals surface area contributed by atoms with Crippen LogP contribution in [0.4, 0.5) is 13.2 Å². The molecule has 2 aromatic carbocycles. The van der Waals surface area contributed by atoms with E-state index in [0.717, 1.165) is 12.1 Å². The number of hydrogen-bond donors (Lipinski definition) is 0. The van der Waals surface area contributed by atoms with Crippen molar-refractivity contribution in [2.24, 2.45) is 0 Å². The Morgan fingerprint density at radius 3 is 2.30 bits per heavy atom. The fraction of sp³-hybridized carbons (Fsp3) is 0.0769. The maximum Gasteiger partial charge on any atom is 0.416 e. The molecule has 1 heterocycles. The highest BCUT2D eigenvalue weighted by atomic mass is 35.5. The van der Waals surface area contributed by atoms with E-state index >= 15 is 0 Å². The van der Waals surface area contributed by atoms with Crippen LogP contribution in [-0.4, -0.2) is 10.3 Å². The third-order valence-electron chi connectivity index (χ3n) is 2.86. The summed E-state index contributed by atoms with van der Waals surface area (Å²) in [5, 5.41) is 7.64. The van der Waals surface area contributed by atoms with Crippen molar-refractivity contribution in [3.05, 3.63) is 47.0 Å². The van der Waals surface area contributed by atoms with Crippen LogP contribution in [0, 0.1) is 0 Å². The quantitative estimate of drug-likeness (QED) is 0.661. The fourth-order valence-corrected chi connectivity index (χ4v) is 2.12. The lowest BCUT2D eigenvalue weighted by Gasteiger charge is -2.08. The molecule has 0 bridgehead atoms. The molecule has 7 heteroatoms. The number of fused-ring (bicyclic) bond motifs is 1. The number of aromatic nitrogens is 2. The maximum atomic E-state index is 12.5. The largest absolute Gasteiger partial charge is 0.416 e. The third-order valence-corrected chi connectivity index (χ3v) is 3.15. The van der Waals surface area contributed by atoms with Crippen molar-refractivity contribution >= 4 is 22.6 Å². The first-order valence-corrected chi connectivity index (χ1v) is 5.92. The molecule has 0 spiro atoms. The summed E-state index contributed by atoms with van der Waals surface area (Å²) in [6.07, 6.45) is -4.35. The van der Waals surface area contributed by atoms with E-state index in [0.29, 0.717) is 27.2 Å². The molecule has 3 aromatic rings. The summed E-state index contributed by atoms with van der Waals surface area (Å²) in [5.74, 6) is 0. The van der Waals surface area contributed by atoms with Gasteiger partial charge in [0, 0.05) is 0 Å². The van der Waals surface area contributed by atoms with Gasteiger partial charge in [0.1, 0.15) is 5.52 Å². The predicted octanol–water partition coefficient (Wildman–Crippen LogP) is 4.56. The smallest absolute Gasteiger partial charge is 0.243 e. The molecule has 102 valence electrons. The first-order chi connectivity index (χ1) is 9.45. The van der Waals surface area contributed by atoms with Gasteiger partial charge in [-0.15, -0.1) is 0 Å². The zero-order valence-electron chi connectivity index (χ0n) is 9.78. The lowest BCUT2D eigenvalue weighted by Crippen LogP contribution is -2.03. The fourth-order valence-electron chi connectivity index (χ4n) is 1.87. The van der Waals surface area contributed by atoms with Gasteiger partial charge in [0.15, 0.2) is 5.52 Å². The molecule has 0 aliphatic rings. The lowest BCUT2D eigenvalue weighted by atomic mass is 10.0. The standard InChI is InChI=1S/C13H6ClF3N2O/c14-10-5-8(6-11-12(10)19-20-18-11)7-1-3-9(4-2-7)13(15,16)17/h1-6H. The molecular formula is C13H6ClF3N2O. The SMILES string of the molecule is FC(F)(F)c1ccc(-c2cc(Cl)c3nonc3c2)cc1. The second-order valence-corrected chi connectivity index (χ2v) is 4.57. The van der Waals surface area contributed by atoms with Crippen LogP contribution in [0.25, 0.3) is 22.2 Å². The second-order valence-electron chi connectivity index (χ2n) is 4.17.